The lowest BCUT2D eigenvalue weighted by molar-refractivity contribution is 0.111. The molecule has 0 aliphatic heterocycles. The van der Waals surface area contributed by atoms with Gasteiger partial charge in [-0.2, -0.15) is 0 Å². The Morgan fingerprint density at radius 2 is 1.83 bits per heavy atom. The van der Waals surface area contributed by atoms with Gasteiger partial charge in [-0.1, -0.05) is 48.0 Å². The number of ether oxygens (including phenoxy) is 2. The maximum absolute atomic E-state index is 14.5. The summed E-state index contributed by atoms with van der Waals surface area (Å²) < 4.78 is 26.6. The maximum Gasteiger partial charge on any atom is 0.219 e. The minimum atomic E-state index is -0.269. The van der Waals surface area contributed by atoms with Crippen LogP contribution in [0.2, 0.25) is 5.02 Å². The topological polar surface area (TPSA) is 87.3 Å². The number of hydrogen-bond donors (Lipinski definition) is 1. The lowest BCUT2D eigenvalue weighted by atomic mass is 9.96. The van der Waals surface area contributed by atoms with Gasteiger partial charge >= 0.3 is 0 Å². The van der Waals surface area contributed by atoms with Gasteiger partial charge in [0.15, 0.2) is 6.29 Å². The first-order chi connectivity index (χ1) is 17.0. The van der Waals surface area contributed by atoms with Gasteiger partial charge in [0, 0.05) is 29.6 Å². The summed E-state index contributed by atoms with van der Waals surface area (Å²) in [6, 6.07) is 15.7. The van der Waals surface area contributed by atoms with Crippen LogP contribution in [0.4, 0.5) is 10.3 Å². The third kappa shape index (κ3) is 4.68. The van der Waals surface area contributed by atoms with Crippen LogP contribution in [0, 0.1) is 5.82 Å². The number of hydrogen-bond acceptors (Lipinski definition) is 6. The zero-order valence-corrected chi connectivity index (χ0v) is 19.3. The first-order valence-electron chi connectivity index (χ1n) is 11.0. The lowest BCUT2D eigenvalue weighted by Crippen LogP contribution is -2.06. The highest BCUT2D eigenvalue weighted by molar-refractivity contribution is 6.32. The molecular weight excluding hydrogens is 469 g/mol. The van der Waals surface area contributed by atoms with Crippen LogP contribution in [0.3, 0.4) is 0 Å². The number of carbonyl (C=O) groups excluding carboxylic acids is 1. The Hall–Kier alpha value is -3.97. The molecule has 0 spiro atoms. The molecule has 0 saturated carbocycles. The number of anilines is 1. The number of benzene rings is 3. The fourth-order valence-electron chi connectivity index (χ4n) is 4.28. The van der Waals surface area contributed by atoms with Gasteiger partial charge in [0.2, 0.25) is 5.95 Å². The molecule has 0 unspecified atom stereocenters. The van der Waals surface area contributed by atoms with Crippen molar-refractivity contribution in [3.8, 4) is 22.6 Å². The molecule has 6 nitrogen and oxygen atoms in total. The molecule has 1 atom stereocenters. The first-order valence-corrected chi connectivity index (χ1v) is 11.4. The second kappa shape index (κ2) is 9.72. The molecule has 1 aliphatic rings. The Morgan fingerprint density at radius 3 is 2.60 bits per heavy atom. The van der Waals surface area contributed by atoms with Gasteiger partial charge in [-0.3, -0.25) is 4.79 Å². The van der Waals surface area contributed by atoms with E-state index in [0.717, 1.165) is 23.1 Å². The van der Waals surface area contributed by atoms with E-state index in [-0.39, 0.29) is 24.5 Å². The predicted molar refractivity (Wildman–Crippen MR) is 131 cm³/mol. The van der Waals surface area contributed by atoms with Crippen LogP contribution < -0.4 is 15.2 Å². The summed E-state index contributed by atoms with van der Waals surface area (Å²) in [6.45, 7) is 0.139. The van der Waals surface area contributed by atoms with E-state index in [0.29, 0.717) is 45.9 Å². The summed E-state index contributed by atoms with van der Waals surface area (Å²) in [6.07, 6.45) is 4.98. The van der Waals surface area contributed by atoms with Crippen LogP contribution >= 0.6 is 11.6 Å². The van der Waals surface area contributed by atoms with Gasteiger partial charge in [0.25, 0.3) is 0 Å². The number of carbonyl (C=O) groups is 1. The van der Waals surface area contributed by atoms with Crippen molar-refractivity contribution in [1.82, 2.24) is 9.97 Å². The fraction of sp³-hybridized carbons (Fsp3) is 0.148. The average molecular weight is 490 g/mol. The summed E-state index contributed by atoms with van der Waals surface area (Å²) in [5.74, 6) is 0.634. The highest BCUT2D eigenvalue weighted by Gasteiger charge is 2.28. The molecule has 0 amide bonds. The fourth-order valence-corrected chi connectivity index (χ4v) is 4.50. The summed E-state index contributed by atoms with van der Waals surface area (Å²) in [5, 5.41) is 0.300. The molecule has 2 N–H and O–H groups in total. The van der Waals surface area contributed by atoms with Crippen LogP contribution in [0.5, 0.6) is 11.5 Å². The molecule has 0 fully saturated rings. The molecule has 8 heteroatoms. The highest BCUT2D eigenvalue weighted by atomic mass is 35.5. The summed E-state index contributed by atoms with van der Waals surface area (Å²) in [7, 11) is 0. The number of nitrogen functional groups attached to an aromatic ring is 1. The summed E-state index contributed by atoms with van der Waals surface area (Å²) >= 11 is 6.45. The van der Waals surface area contributed by atoms with Crippen molar-refractivity contribution >= 4 is 23.8 Å². The van der Waals surface area contributed by atoms with Crippen LogP contribution in [-0.2, 0) is 13.0 Å². The van der Waals surface area contributed by atoms with Crippen LogP contribution in [0.25, 0.3) is 11.1 Å². The zero-order valence-electron chi connectivity index (χ0n) is 18.6. The Labute approximate surface area is 206 Å². The zero-order chi connectivity index (χ0) is 24.4. The Morgan fingerprint density at radius 1 is 1.06 bits per heavy atom. The van der Waals surface area contributed by atoms with Crippen molar-refractivity contribution < 1.29 is 18.7 Å². The van der Waals surface area contributed by atoms with E-state index in [4.69, 9.17) is 26.8 Å². The highest BCUT2D eigenvalue weighted by Crippen LogP contribution is 2.43. The van der Waals surface area contributed by atoms with E-state index in [2.05, 4.69) is 9.97 Å². The summed E-state index contributed by atoms with van der Waals surface area (Å²) in [4.78, 5) is 19.5. The average Bonchev–Trinajstić information content (AvgIpc) is 3.28. The van der Waals surface area contributed by atoms with Crippen molar-refractivity contribution in [1.29, 1.82) is 0 Å². The van der Waals surface area contributed by atoms with E-state index < -0.39 is 0 Å². The number of nitrogens with two attached hydrogens (primary N) is 1. The molecule has 176 valence electrons. The SMILES string of the molecule is Nc1ncc(COc2cc(O[C@H]3CCc4c(-c5ccccc5F)cccc43)c(Cl)cc2C=O)cn1. The molecule has 5 rings (SSSR count). The minimum absolute atomic E-state index is 0.139. The maximum atomic E-state index is 14.5. The minimum Gasteiger partial charge on any atom is -0.488 e. The molecule has 1 heterocycles. The number of rotatable bonds is 7. The normalized spacial score (nSPS) is 14.4. The summed E-state index contributed by atoms with van der Waals surface area (Å²) in [5.41, 5.74) is 9.99. The van der Waals surface area contributed by atoms with Crippen LogP contribution in [0.1, 0.15) is 39.6 Å². The van der Waals surface area contributed by atoms with Crippen molar-refractivity contribution in [3.63, 3.8) is 0 Å². The molecule has 1 aromatic heterocycles. The van der Waals surface area contributed by atoms with Crippen LogP contribution in [-0.4, -0.2) is 16.3 Å². The second-order valence-corrected chi connectivity index (χ2v) is 8.58. The van der Waals surface area contributed by atoms with Crippen molar-refractivity contribution in [2.24, 2.45) is 0 Å². The van der Waals surface area contributed by atoms with E-state index in [1.54, 1.807) is 30.6 Å². The van der Waals surface area contributed by atoms with E-state index >= 15 is 0 Å². The van der Waals surface area contributed by atoms with Crippen molar-refractivity contribution in [2.75, 3.05) is 5.73 Å². The molecule has 1 aliphatic carbocycles. The monoisotopic (exact) mass is 489 g/mol. The van der Waals surface area contributed by atoms with Gasteiger partial charge in [-0.15, -0.1) is 0 Å². The molecule has 0 bridgehead atoms. The Kier molecular flexibility index (Phi) is 6.33. The van der Waals surface area contributed by atoms with Gasteiger partial charge < -0.3 is 15.2 Å². The predicted octanol–water partition coefficient (Wildman–Crippen LogP) is 5.98. The third-order valence-electron chi connectivity index (χ3n) is 5.96. The standard InChI is InChI=1S/C27H21ClFN3O3/c28-22-10-17(14-33)25(34-15-16-12-31-27(30)32-13-16)11-26(22)35-24-9-8-19-18(5-3-6-21(19)24)20-4-1-2-7-23(20)29/h1-7,10-14,24H,8-9,15H2,(H2,30,31,32)/t24-/m0/s1. The number of fused-ring (bicyclic) bond motifs is 1. The number of aromatic nitrogens is 2. The van der Waals surface area contributed by atoms with Crippen molar-refractivity contribution in [3.05, 3.63) is 100 Å². The third-order valence-corrected chi connectivity index (χ3v) is 6.26. The van der Waals surface area contributed by atoms with Gasteiger partial charge in [-0.05, 0) is 41.7 Å². The molecule has 4 aromatic rings. The van der Waals surface area contributed by atoms with Gasteiger partial charge in [-0.25, -0.2) is 14.4 Å². The van der Waals surface area contributed by atoms with Crippen molar-refractivity contribution in [2.45, 2.75) is 25.6 Å². The molecule has 0 saturated heterocycles. The van der Waals surface area contributed by atoms with E-state index in [9.17, 15) is 9.18 Å². The quantitative estimate of drug-likeness (QED) is 0.321. The van der Waals surface area contributed by atoms with E-state index in [1.165, 1.54) is 12.1 Å². The van der Waals surface area contributed by atoms with Gasteiger partial charge in [0.1, 0.15) is 30.0 Å². The smallest absolute Gasteiger partial charge is 0.219 e. The Balaban J connectivity index is 1.41. The molecule has 35 heavy (non-hydrogen) atoms. The second-order valence-electron chi connectivity index (χ2n) is 8.17. The van der Waals surface area contributed by atoms with Gasteiger partial charge in [0.05, 0.1) is 10.6 Å². The largest absolute Gasteiger partial charge is 0.488 e. The molecule has 3 aromatic carbocycles. The van der Waals surface area contributed by atoms with Crippen LogP contribution in [0.15, 0.2) is 67.0 Å². The number of halogens is 2. The Bertz CT molecular complexity index is 1400. The number of nitrogens with zero attached hydrogens (tertiary/aromatic N) is 2. The van der Waals surface area contributed by atoms with E-state index in [1.807, 2.05) is 24.3 Å². The molecular formula is C27H21ClFN3O3. The first kappa shape index (κ1) is 22.8. The number of aldehydes is 1. The lowest BCUT2D eigenvalue weighted by Gasteiger charge is -2.18. The molecule has 0 radical (unpaired) electrons.